The molecule has 0 saturated heterocycles. The normalized spacial score (nSPS) is 11.2. The first kappa shape index (κ1) is 22.2. The first-order valence-electron chi connectivity index (χ1n) is 9.63. The molecule has 0 aliphatic heterocycles. The van der Waals surface area contributed by atoms with Crippen LogP contribution in [-0.2, 0) is 11.4 Å². The van der Waals surface area contributed by atoms with Crippen LogP contribution in [0.25, 0.3) is 11.0 Å². The largest absolute Gasteiger partial charge is 0.489 e. The number of fused-ring (bicyclic) bond motifs is 1. The van der Waals surface area contributed by atoms with Gasteiger partial charge in [-0.05, 0) is 42.0 Å². The molecule has 1 aromatic heterocycles. The molecule has 0 bridgehead atoms. The number of hydrogen-bond acceptors (Lipinski definition) is 5. The van der Waals surface area contributed by atoms with Crippen molar-refractivity contribution in [2.75, 3.05) is 5.75 Å². The molecule has 1 heterocycles. The lowest BCUT2D eigenvalue weighted by atomic mass is 10.2. The fourth-order valence-electron chi connectivity index (χ4n) is 2.83. The van der Waals surface area contributed by atoms with Crippen molar-refractivity contribution in [1.29, 1.82) is 0 Å². The fourth-order valence-corrected chi connectivity index (χ4v) is 3.97. The summed E-state index contributed by atoms with van der Waals surface area (Å²) in [4.78, 5) is 19.7. The Kier molecular flexibility index (Phi) is 7.32. The summed E-state index contributed by atoms with van der Waals surface area (Å²) < 4.78 is 5.80. The van der Waals surface area contributed by atoms with Crippen LogP contribution in [-0.4, -0.2) is 27.8 Å². The maximum absolute atomic E-state index is 12.1. The van der Waals surface area contributed by atoms with Gasteiger partial charge >= 0.3 is 0 Å². The van der Waals surface area contributed by atoms with Crippen LogP contribution in [0.2, 0.25) is 10.0 Å². The molecule has 32 heavy (non-hydrogen) atoms. The number of hydrazone groups is 1. The van der Waals surface area contributed by atoms with Gasteiger partial charge in [0.2, 0.25) is 0 Å². The Bertz CT molecular complexity index is 1240. The third kappa shape index (κ3) is 6.03. The number of para-hydroxylation sites is 2. The van der Waals surface area contributed by atoms with Crippen LogP contribution in [0.15, 0.2) is 77.0 Å². The average Bonchev–Trinajstić information content (AvgIpc) is 3.21. The second kappa shape index (κ2) is 10.5. The summed E-state index contributed by atoms with van der Waals surface area (Å²) in [5.74, 6) is 0.630. The minimum Gasteiger partial charge on any atom is -0.489 e. The van der Waals surface area contributed by atoms with Gasteiger partial charge in [-0.25, -0.2) is 10.4 Å². The van der Waals surface area contributed by atoms with E-state index in [1.165, 1.54) is 11.8 Å². The molecule has 0 atom stereocenters. The van der Waals surface area contributed by atoms with Crippen LogP contribution in [0, 0.1) is 0 Å². The topological polar surface area (TPSA) is 79.4 Å². The Morgan fingerprint density at radius 3 is 2.84 bits per heavy atom. The van der Waals surface area contributed by atoms with Crippen molar-refractivity contribution in [3.63, 3.8) is 0 Å². The zero-order valence-electron chi connectivity index (χ0n) is 16.7. The summed E-state index contributed by atoms with van der Waals surface area (Å²) in [6.07, 6.45) is 1.56. The summed E-state index contributed by atoms with van der Waals surface area (Å²) >= 11 is 13.4. The van der Waals surface area contributed by atoms with Crippen molar-refractivity contribution in [1.82, 2.24) is 15.4 Å². The number of benzene rings is 3. The second-order valence-corrected chi connectivity index (χ2v) is 8.55. The van der Waals surface area contributed by atoms with Gasteiger partial charge in [0.05, 0.1) is 23.0 Å². The molecule has 162 valence electrons. The summed E-state index contributed by atoms with van der Waals surface area (Å²) in [7, 11) is 0. The van der Waals surface area contributed by atoms with Crippen LogP contribution in [0.3, 0.4) is 0 Å². The highest BCUT2D eigenvalue weighted by atomic mass is 35.5. The number of nitrogens with one attached hydrogen (secondary N) is 2. The van der Waals surface area contributed by atoms with E-state index in [2.05, 4.69) is 20.5 Å². The standard InChI is InChI=1S/C23H18Cl2N4O2S/c24-17-9-8-16(19(25)11-17)13-31-18-5-3-4-15(10-18)12-26-29-22(30)14-32-23-27-20-6-1-2-7-21(20)28-23/h1-12H,13-14H2,(H,27,28)(H,29,30)/b26-12-. The number of thioether (sulfide) groups is 1. The minimum atomic E-state index is -0.225. The van der Waals surface area contributed by atoms with Gasteiger partial charge in [-0.3, -0.25) is 4.79 Å². The van der Waals surface area contributed by atoms with E-state index >= 15 is 0 Å². The van der Waals surface area contributed by atoms with Crippen molar-refractivity contribution >= 4 is 58.1 Å². The predicted octanol–water partition coefficient (Wildman–Crippen LogP) is 5.69. The number of ether oxygens (including phenoxy) is 1. The molecule has 6 nitrogen and oxygen atoms in total. The summed E-state index contributed by atoms with van der Waals surface area (Å²) in [6.45, 7) is 0.312. The Hall–Kier alpha value is -3.00. The molecule has 0 aliphatic rings. The van der Waals surface area contributed by atoms with E-state index in [0.717, 1.165) is 22.2 Å². The number of carbonyl (C=O) groups excluding carboxylic acids is 1. The van der Waals surface area contributed by atoms with Crippen molar-refractivity contribution in [3.8, 4) is 5.75 Å². The van der Waals surface area contributed by atoms with E-state index in [4.69, 9.17) is 27.9 Å². The van der Waals surface area contributed by atoms with Crippen LogP contribution in [0.4, 0.5) is 0 Å². The average molecular weight is 485 g/mol. The quantitative estimate of drug-likeness (QED) is 0.191. The van der Waals surface area contributed by atoms with Crippen molar-refractivity contribution in [3.05, 3.63) is 87.9 Å². The first-order valence-corrected chi connectivity index (χ1v) is 11.4. The molecular formula is C23H18Cl2N4O2S. The molecule has 3 aromatic carbocycles. The molecule has 0 saturated carbocycles. The highest BCUT2D eigenvalue weighted by Crippen LogP contribution is 2.23. The maximum atomic E-state index is 12.1. The molecule has 4 aromatic rings. The Labute approximate surface area is 199 Å². The maximum Gasteiger partial charge on any atom is 0.250 e. The highest BCUT2D eigenvalue weighted by molar-refractivity contribution is 7.99. The molecule has 0 radical (unpaired) electrons. The fraction of sp³-hybridized carbons (Fsp3) is 0.0870. The summed E-state index contributed by atoms with van der Waals surface area (Å²) in [6, 6.07) is 20.4. The predicted molar refractivity (Wildman–Crippen MR) is 130 cm³/mol. The van der Waals surface area contributed by atoms with Crippen LogP contribution in [0.5, 0.6) is 5.75 Å². The second-order valence-electron chi connectivity index (χ2n) is 6.74. The minimum absolute atomic E-state index is 0.197. The number of nitrogens with zero attached hydrogens (tertiary/aromatic N) is 2. The van der Waals surface area contributed by atoms with Gasteiger partial charge in [-0.15, -0.1) is 0 Å². The van der Waals surface area contributed by atoms with Crippen LogP contribution >= 0.6 is 35.0 Å². The summed E-state index contributed by atoms with van der Waals surface area (Å²) in [5, 5.41) is 5.84. The number of hydrogen-bond donors (Lipinski definition) is 2. The number of halogens is 2. The van der Waals surface area contributed by atoms with Crippen LogP contribution in [0.1, 0.15) is 11.1 Å². The third-order valence-corrected chi connectivity index (χ3v) is 5.84. The zero-order chi connectivity index (χ0) is 22.3. The third-order valence-electron chi connectivity index (χ3n) is 4.38. The number of H-pyrrole nitrogens is 1. The van der Waals surface area contributed by atoms with E-state index in [1.807, 2.05) is 54.6 Å². The number of rotatable bonds is 8. The number of aromatic nitrogens is 2. The molecule has 0 spiro atoms. The lowest BCUT2D eigenvalue weighted by Crippen LogP contribution is -2.19. The Morgan fingerprint density at radius 1 is 1.12 bits per heavy atom. The van der Waals surface area contributed by atoms with Crippen molar-refractivity contribution in [2.24, 2.45) is 5.10 Å². The van der Waals surface area contributed by atoms with Gasteiger partial charge in [0.1, 0.15) is 12.4 Å². The smallest absolute Gasteiger partial charge is 0.250 e. The van der Waals surface area contributed by atoms with Gasteiger partial charge in [0, 0.05) is 15.6 Å². The van der Waals surface area contributed by atoms with Gasteiger partial charge in [-0.1, -0.05) is 65.3 Å². The van der Waals surface area contributed by atoms with E-state index in [9.17, 15) is 4.79 Å². The monoisotopic (exact) mass is 484 g/mol. The van der Waals surface area contributed by atoms with Gasteiger partial charge in [0.25, 0.3) is 5.91 Å². The molecule has 0 fully saturated rings. The SMILES string of the molecule is O=C(CSc1nc2ccccc2[nH]1)N/N=C\c1cccc(OCc2ccc(Cl)cc2Cl)c1. The lowest BCUT2D eigenvalue weighted by molar-refractivity contribution is -0.118. The first-order chi connectivity index (χ1) is 15.6. The van der Waals surface area contributed by atoms with Crippen molar-refractivity contribution < 1.29 is 9.53 Å². The number of aromatic amines is 1. The van der Waals surface area contributed by atoms with Gasteiger partial charge < -0.3 is 9.72 Å². The molecule has 9 heteroatoms. The van der Waals surface area contributed by atoms with Gasteiger partial charge in [-0.2, -0.15) is 5.10 Å². The number of imidazole rings is 1. The van der Waals surface area contributed by atoms with Gasteiger partial charge in [0.15, 0.2) is 5.16 Å². The van der Waals surface area contributed by atoms with Crippen LogP contribution < -0.4 is 10.2 Å². The molecular weight excluding hydrogens is 467 g/mol. The number of amides is 1. The molecule has 0 aliphatic carbocycles. The molecule has 0 unspecified atom stereocenters. The molecule has 2 N–H and O–H groups in total. The Balaban J connectivity index is 1.27. The van der Waals surface area contributed by atoms with E-state index in [0.29, 0.717) is 27.6 Å². The van der Waals surface area contributed by atoms with Crippen molar-refractivity contribution in [2.45, 2.75) is 11.8 Å². The van der Waals surface area contributed by atoms with E-state index < -0.39 is 0 Å². The summed E-state index contributed by atoms with van der Waals surface area (Å²) in [5.41, 5.74) is 5.95. The molecule has 1 amide bonds. The lowest BCUT2D eigenvalue weighted by Gasteiger charge is -2.08. The molecule has 4 rings (SSSR count). The van der Waals surface area contributed by atoms with E-state index in [1.54, 1.807) is 18.3 Å². The highest BCUT2D eigenvalue weighted by Gasteiger charge is 2.06. The number of carbonyl (C=O) groups is 1. The Morgan fingerprint density at radius 2 is 2.00 bits per heavy atom. The van der Waals surface area contributed by atoms with E-state index in [-0.39, 0.29) is 11.7 Å². The zero-order valence-corrected chi connectivity index (χ0v) is 19.0.